The van der Waals surface area contributed by atoms with Crippen LogP contribution in [0.1, 0.15) is 61.8 Å². The molecule has 2 heterocycles. The third kappa shape index (κ3) is 9.21. The van der Waals surface area contributed by atoms with Gasteiger partial charge in [-0.25, -0.2) is 0 Å². The maximum absolute atomic E-state index is 12.5. The predicted molar refractivity (Wildman–Crippen MR) is 147 cm³/mol. The molecule has 0 aliphatic carbocycles. The maximum Gasteiger partial charge on any atom is 0.416 e. The van der Waals surface area contributed by atoms with Crippen LogP contribution in [0.25, 0.3) is 22.5 Å². The highest BCUT2D eigenvalue weighted by Crippen LogP contribution is 2.31. The molecule has 0 aliphatic heterocycles. The fraction of sp³-hybridized carbons (Fsp3) is 0.312. The van der Waals surface area contributed by atoms with E-state index in [4.69, 9.17) is 0 Å². The molecule has 0 amide bonds. The number of aryl methyl sites for hydroxylation is 2. The van der Waals surface area contributed by atoms with Crippen LogP contribution in [0.4, 0.5) is 26.3 Å². The Hall–Kier alpha value is -3.68. The molecule has 40 heavy (non-hydrogen) atoms. The van der Waals surface area contributed by atoms with Crippen molar-refractivity contribution in [3.8, 4) is 22.5 Å². The zero-order valence-corrected chi connectivity index (χ0v) is 22.5. The van der Waals surface area contributed by atoms with E-state index >= 15 is 0 Å². The van der Waals surface area contributed by atoms with Crippen LogP contribution in [-0.2, 0) is 25.2 Å². The largest absolute Gasteiger partial charge is 0.416 e. The maximum atomic E-state index is 12.5. The molecule has 0 atom stereocenters. The van der Waals surface area contributed by atoms with Crippen LogP contribution in [0, 0.1) is 0 Å². The van der Waals surface area contributed by atoms with Gasteiger partial charge in [-0.3, -0.25) is 9.97 Å². The van der Waals surface area contributed by atoms with Crippen molar-refractivity contribution in [1.29, 1.82) is 0 Å². The Labute approximate surface area is 231 Å². The minimum Gasteiger partial charge on any atom is -0.256 e. The van der Waals surface area contributed by atoms with E-state index < -0.39 is 23.5 Å². The third-order valence-electron chi connectivity index (χ3n) is 6.27. The molecule has 2 aromatic carbocycles. The molecule has 0 N–H and O–H groups in total. The molecule has 0 spiro atoms. The van der Waals surface area contributed by atoms with Gasteiger partial charge in [0.1, 0.15) is 0 Å². The van der Waals surface area contributed by atoms with E-state index in [1.807, 2.05) is 30.5 Å². The summed E-state index contributed by atoms with van der Waals surface area (Å²) < 4.78 is 74.9. The molecule has 8 heteroatoms. The second-order valence-corrected chi connectivity index (χ2v) is 9.46. The van der Waals surface area contributed by atoms with Gasteiger partial charge in [-0.05, 0) is 66.8 Å². The number of aromatic nitrogens is 2. The van der Waals surface area contributed by atoms with E-state index in [1.165, 1.54) is 42.7 Å². The first-order valence-corrected chi connectivity index (χ1v) is 13.3. The molecule has 0 aliphatic rings. The number of alkyl halides is 6. The number of hydrogen-bond donors (Lipinski definition) is 0. The van der Waals surface area contributed by atoms with Crippen LogP contribution < -0.4 is 0 Å². The Bertz CT molecular complexity index is 1290. The lowest BCUT2D eigenvalue weighted by Crippen LogP contribution is -2.04. The van der Waals surface area contributed by atoms with Crippen LogP contribution >= 0.6 is 0 Å². The summed E-state index contributed by atoms with van der Waals surface area (Å²) in [5.41, 5.74) is 3.80. The van der Waals surface area contributed by atoms with Crippen molar-refractivity contribution >= 4 is 0 Å². The summed E-state index contributed by atoms with van der Waals surface area (Å²) in [5, 5.41) is 0. The molecule has 0 fully saturated rings. The van der Waals surface area contributed by atoms with E-state index in [9.17, 15) is 26.3 Å². The highest BCUT2D eigenvalue weighted by Gasteiger charge is 2.30. The quantitative estimate of drug-likeness (QED) is 0.159. The number of hydrogen-bond acceptors (Lipinski definition) is 2. The van der Waals surface area contributed by atoms with Gasteiger partial charge in [-0.2, -0.15) is 26.3 Å². The number of halogens is 6. The molecule has 4 aromatic rings. The topological polar surface area (TPSA) is 25.8 Å². The van der Waals surface area contributed by atoms with E-state index in [2.05, 4.69) is 23.8 Å². The van der Waals surface area contributed by atoms with Gasteiger partial charge in [0.05, 0.1) is 22.5 Å². The monoisotopic (exact) mass is 558 g/mol. The summed E-state index contributed by atoms with van der Waals surface area (Å²) in [4.78, 5) is 8.62. The minimum absolute atomic E-state index is 0.637. The lowest BCUT2D eigenvalue weighted by atomic mass is 10.1. The number of benzene rings is 2. The van der Waals surface area contributed by atoms with Gasteiger partial charge in [0.25, 0.3) is 0 Å². The number of pyridine rings is 2. The summed E-state index contributed by atoms with van der Waals surface area (Å²) >= 11 is 0. The average Bonchev–Trinajstić information content (AvgIpc) is 2.94. The molecule has 2 nitrogen and oxygen atoms in total. The van der Waals surface area contributed by atoms with E-state index in [0.717, 1.165) is 55.5 Å². The van der Waals surface area contributed by atoms with E-state index in [-0.39, 0.29) is 0 Å². The van der Waals surface area contributed by atoms with Crippen LogP contribution in [-0.4, -0.2) is 9.97 Å². The number of unbranched alkanes of at least 4 members (excludes halogenated alkanes) is 2. The SMILES string of the molecule is CCCCCc1ccc(-c2ccc(C(F)(F)F)cc2)nc1.CCCc1ccc(-c2ccc(C(F)(F)F)cc2)nc1. The van der Waals surface area contributed by atoms with Gasteiger partial charge in [0.2, 0.25) is 0 Å². The van der Waals surface area contributed by atoms with Crippen molar-refractivity contribution in [1.82, 2.24) is 9.97 Å². The van der Waals surface area contributed by atoms with Crippen molar-refractivity contribution in [3.05, 3.63) is 107 Å². The summed E-state index contributed by atoms with van der Waals surface area (Å²) in [7, 11) is 0. The van der Waals surface area contributed by atoms with Crippen molar-refractivity contribution < 1.29 is 26.3 Å². The van der Waals surface area contributed by atoms with Gasteiger partial charge < -0.3 is 0 Å². The van der Waals surface area contributed by atoms with Crippen LogP contribution in [0.15, 0.2) is 85.2 Å². The molecule has 4 rings (SSSR count). The summed E-state index contributed by atoms with van der Waals surface area (Å²) in [6.45, 7) is 4.25. The molecule has 0 radical (unpaired) electrons. The summed E-state index contributed by atoms with van der Waals surface area (Å²) in [5.74, 6) is 0. The van der Waals surface area contributed by atoms with Crippen LogP contribution in [0.5, 0.6) is 0 Å². The molecular formula is C32H32F6N2. The Morgan fingerprint density at radius 3 is 1.25 bits per heavy atom. The average molecular weight is 559 g/mol. The zero-order valence-electron chi connectivity index (χ0n) is 22.5. The highest BCUT2D eigenvalue weighted by molar-refractivity contribution is 5.60. The van der Waals surface area contributed by atoms with Gasteiger partial charge >= 0.3 is 12.4 Å². The smallest absolute Gasteiger partial charge is 0.256 e. The second-order valence-electron chi connectivity index (χ2n) is 9.46. The highest BCUT2D eigenvalue weighted by atomic mass is 19.4. The van der Waals surface area contributed by atoms with Crippen LogP contribution in [0.2, 0.25) is 0 Å². The minimum atomic E-state index is -4.30. The van der Waals surface area contributed by atoms with Gasteiger partial charge in [0, 0.05) is 23.5 Å². The molecular weight excluding hydrogens is 526 g/mol. The molecule has 0 saturated heterocycles. The lowest BCUT2D eigenvalue weighted by Gasteiger charge is -2.08. The third-order valence-corrected chi connectivity index (χ3v) is 6.27. The molecule has 2 aromatic heterocycles. The predicted octanol–water partition coefficient (Wildman–Crippen LogP) is 10.2. The van der Waals surface area contributed by atoms with Crippen molar-refractivity contribution in [2.75, 3.05) is 0 Å². The van der Waals surface area contributed by atoms with Crippen LogP contribution in [0.3, 0.4) is 0 Å². The molecule has 0 unspecified atom stereocenters. The first-order chi connectivity index (χ1) is 19.0. The zero-order chi connectivity index (χ0) is 29.2. The van der Waals surface area contributed by atoms with Gasteiger partial charge in [0.15, 0.2) is 0 Å². The van der Waals surface area contributed by atoms with Gasteiger partial charge in [-0.1, -0.05) is 69.5 Å². The fourth-order valence-electron chi connectivity index (χ4n) is 4.01. The Morgan fingerprint density at radius 1 is 0.500 bits per heavy atom. The first-order valence-electron chi connectivity index (χ1n) is 13.3. The second kappa shape index (κ2) is 14.1. The Kier molecular flexibility index (Phi) is 10.9. The lowest BCUT2D eigenvalue weighted by molar-refractivity contribution is -0.138. The Morgan fingerprint density at radius 2 is 0.925 bits per heavy atom. The first kappa shape index (κ1) is 30.9. The van der Waals surface area contributed by atoms with Crippen molar-refractivity contribution in [2.45, 2.75) is 64.7 Å². The van der Waals surface area contributed by atoms with E-state index in [0.29, 0.717) is 22.5 Å². The van der Waals surface area contributed by atoms with E-state index in [1.54, 1.807) is 6.20 Å². The van der Waals surface area contributed by atoms with Crippen molar-refractivity contribution in [2.24, 2.45) is 0 Å². The van der Waals surface area contributed by atoms with Crippen molar-refractivity contribution in [3.63, 3.8) is 0 Å². The summed E-state index contributed by atoms with van der Waals surface area (Å²) in [6.07, 6.45) is 1.50. The number of nitrogens with zero attached hydrogens (tertiary/aromatic N) is 2. The Balaban J connectivity index is 0.000000222. The summed E-state index contributed by atoms with van der Waals surface area (Å²) in [6, 6.07) is 17.8. The van der Waals surface area contributed by atoms with Gasteiger partial charge in [-0.15, -0.1) is 0 Å². The number of rotatable bonds is 8. The molecule has 0 saturated carbocycles. The fourth-order valence-corrected chi connectivity index (χ4v) is 4.01. The molecule has 0 bridgehead atoms. The molecule has 212 valence electrons. The standard InChI is InChI=1S/C17H18F3N.C15H14F3N/c1-2-3-4-5-13-6-11-16(21-12-13)14-7-9-15(10-8-14)17(18,19)20;1-2-3-11-4-9-14(19-10-11)12-5-7-13(8-6-12)15(16,17)18/h6-12H,2-5H2,1H3;4-10H,2-3H2,1H3. The normalized spacial score (nSPS) is 11.6.